The van der Waals surface area contributed by atoms with E-state index >= 15 is 0 Å². The zero-order valence-corrected chi connectivity index (χ0v) is 56.1. The van der Waals surface area contributed by atoms with Crippen LogP contribution in [0.2, 0.25) is 0 Å². The fourth-order valence-electron chi connectivity index (χ4n) is 7.41. The predicted octanol–water partition coefficient (Wildman–Crippen LogP) is 16.7. The van der Waals surface area contributed by atoms with Crippen molar-refractivity contribution in [2.45, 2.75) is 120 Å². The van der Waals surface area contributed by atoms with E-state index < -0.39 is 0 Å². The van der Waals surface area contributed by atoms with Gasteiger partial charge in [0, 0.05) is 76.2 Å². The second-order valence-corrected chi connectivity index (χ2v) is 20.4. The lowest BCUT2D eigenvalue weighted by molar-refractivity contribution is -0.132. The van der Waals surface area contributed by atoms with Crippen molar-refractivity contribution in [1.82, 2.24) is 0 Å². The molecule has 0 bridgehead atoms. The van der Waals surface area contributed by atoms with Crippen molar-refractivity contribution in [3.8, 4) is 34.5 Å². The van der Waals surface area contributed by atoms with E-state index in [-0.39, 0.29) is 34.2 Å². The smallest absolute Gasteiger partial charge is 0.308 e. The summed E-state index contributed by atoms with van der Waals surface area (Å²) in [6, 6.07) is 47.0. The van der Waals surface area contributed by atoms with Gasteiger partial charge in [0.05, 0.1) is 47.8 Å². The number of hydrogen-bond acceptors (Lipinski definition) is 13. The highest BCUT2D eigenvalue weighted by atomic mass is 35.5. The maximum Gasteiger partial charge on any atom is 0.308 e. The SMILES string of the molecule is CC.CCCl.CCCl.CCOCCOC.CCOCCOC.COc1ccc(C(C)(C)c2ccc(OC(C)=O)cc2)cc1.COc1ccc(C(C)(C)c2ccc(OC(C)=O)cc2)cc1.COc1ccc(C(C)(C)c2ccc(OC(C)=O)cc2)cc1. The molecule has 0 fully saturated rings. The maximum absolute atomic E-state index is 10.9. The van der Waals surface area contributed by atoms with Gasteiger partial charge in [-0.15, -0.1) is 23.2 Å². The Balaban J connectivity index is 0. The van der Waals surface area contributed by atoms with Crippen molar-refractivity contribution in [1.29, 1.82) is 0 Å². The molecule has 6 rings (SSSR count). The zero-order valence-electron chi connectivity index (χ0n) is 54.6. The van der Waals surface area contributed by atoms with E-state index in [1.165, 1.54) is 37.5 Å². The topological polar surface area (TPSA) is 144 Å². The number of alkyl halides is 2. The van der Waals surface area contributed by atoms with Gasteiger partial charge in [-0.1, -0.05) is 142 Å². The fourth-order valence-corrected chi connectivity index (χ4v) is 7.41. The van der Waals surface area contributed by atoms with Crippen molar-refractivity contribution in [3.05, 3.63) is 179 Å². The van der Waals surface area contributed by atoms with E-state index in [9.17, 15) is 14.4 Å². The van der Waals surface area contributed by atoms with E-state index in [4.69, 9.17) is 70.6 Å². The second-order valence-electron chi connectivity index (χ2n) is 19.3. The molecule has 0 atom stereocenters. The Morgan fingerprint density at radius 2 is 0.494 bits per heavy atom. The van der Waals surface area contributed by atoms with Crippen LogP contribution in [-0.4, -0.2) is 105 Å². The van der Waals surface area contributed by atoms with Crippen LogP contribution in [0.5, 0.6) is 34.5 Å². The van der Waals surface area contributed by atoms with Crippen molar-refractivity contribution < 1.29 is 61.8 Å². The molecule has 0 aromatic heterocycles. The van der Waals surface area contributed by atoms with Crippen LogP contribution in [0.3, 0.4) is 0 Å². The summed E-state index contributed by atoms with van der Waals surface area (Å²) in [7, 11) is 8.31. The molecule has 0 unspecified atom stereocenters. The molecular weight excluding hydrogens is 1120 g/mol. The van der Waals surface area contributed by atoms with Crippen LogP contribution < -0.4 is 28.4 Å². The minimum absolute atomic E-state index is 0.138. The fraction of sp³-hybridized carbons (Fsp3) is 0.443. The van der Waals surface area contributed by atoms with Crippen LogP contribution in [0.15, 0.2) is 146 Å². The van der Waals surface area contributed by atoms with Gasteiger partial charge >= 0.3 is 17.9 Å². The van der Waals surface area contributed by atoms with E-state index in [0.717, 1.165) is 58.9 Å². The molecule has 0 N–H and O–H groups in total. The summed E-state index contributed by atoms with van der Waals surface area (Å²) in [4.78, 5) is 32.8. The molecular formula is C70H100Cl2O13. The highest BCUT2D eigenvalue weighted by molar-refractivity contribution is 6.17. The normalized spacial score (nSPS) is 10.2. The molecule has 0 saturated heterocycles. The molecule has 13 nitrogen and oxygen atoms in total. The zero-order chi connectivity index (χ0) is 64.9. The van der Waals surface area contributed by atoms with Gasteiger partial charge in [-0.2, -0.15) is 0 Å². The Labute approximate surface area is 520 Å². The molecule has 15 heteroatoms. The minimum atomic E-state index is -0.308. The molecule has 0 aliphatic carbocycles. The van der Waals surface area contributed by atoms with Gasteiger partial charge in [-0.25, -0.2) is 0 Å². The largest absolute Gasteiger partial charge is 0.497 e. The predicted molar refractivity (Wildman–Crippen MR) is 349 cm³/mol. The number of methoxy groups -OCH3 is 5. The summed E-state index contributed by atoms with van der Waals surface area (Å²) >= 11 is 10.00. The van der Waals surface area contributed by atoms with E-state index in [1.54, 1.807) is 35.5 Å². The van der Waals surface area contributed by atoms with Crippen LogP contribution in [0.1, 0.15) is 137 Å². The van der Waals surface area contributed by atoms with Crippen molar-refractivity contribution >= 4 is 41.1 Å². The molecule has 0 amide bonds. The summed E-state index contributed by atoms with van der Waals surface area (Å²) in [6.45, 7) is 33.3. The van der Waals surface area contributed by atoms with Gasteiger partial charge in [0.2, 0.25) is 0 Å². The molecule has 0 heterocycles. The number of halogens is 2. The van der Waals surface area contributed by atoms with Gasteiger partial charge in [0.1, 0.15) is 34.5 Å². The quantitative estimate of drug-likeness (QED) is 0.0310. The van der Waals surface area contributed by atoms with E-state index in [2.05, 4.69) is 77.9 Å². The number of esters is 3. The Morgan fingerprint density at radius 3 is 0.624 bits per heavy atom. The Kier molecular flexibility index (Phi) is 44.4. The standard InChI is InChI=1S/3C18H20O3.2C5H12O2.2C2H5Cl.C2H6/c3*1-13(19)21-17-11-7-15(8-12-17)18(2,3)14-5-9-16(20-4)10-6-14;2*1-3-7-5-4-6-2;2*1-2-3;1-2/h3*5-12H,1-4H3;2*3-5H2,1-2H3;2*2H2,1H3;1-2H3. The lowest BCUT2D eigenvalue weighted by Gasteiger charge is -2.26. The summed E-state index contributed by atoms with van der Waals surface area (Å²) in [6.07, 6.45) is 0. The average Bonchev–Trinajstić information content (AvgIpc) is 3.56. The molecule has 0 aliphatic rings. The van der Waals surface area contributed by atoms with Crippen molar-refractivity contribution in [2.24, 2.45) is 0 Å². The Morgan fingerprint density at radius 1 is 0.329 bits per heavy atom. The maximum atomic E-state index is 10.9. The minimum Gasteiger partial charge on any atom is -0.497 e. The molecule has 6 aromatic carbocycles. The van der Waals surface area contributed by atoms with Crippen LogP contribution in [0, 0.1) is 0 Å². The van der Waals surface area contributed by atoms with Gasteiger partial charge in [-0.3, -0.25) is 14.4 Å². The molecule has 85 heavy (non-hydrogen) atoms. The monoisotopic (exact) mass is 1220 g/mol. The molecule has 472 valence electrons. The van der Waals surface area contributed by atoms with Gasteiger partial charge in [0.25, 0.3) is 0 Å². The number of ether oxygens (including phenoxy) is 10. The molecule has 0 saturated carbocycles. The van der Waals surface area contributed by atoms with E-state index in [1.807, 2.05) is 151 Å². The number of rotatable bonds is 20. The summed E-state index contributed by atoms with van der Waals surface area (Å²) in [5.74, 6) is 4.76. The number of hydrogen-bond donors (Lipinski definition) is 0. The first-order chi connectivity index (χ1) is 40.4. The van der Waals surface area contributed by atoms with E-state index in [0.29, 0.717) is 43.7 Å². The van der Waals surface area contributed by atoms with Crippen LogP contribution in [-0.2, 0) is 49.6 Å². The van der Waals surface area contributed by atoms with Gasteiger partial charge in [0.15, 0.2) is 0 Å². The van der Waals surface area contributed by atoms with Crippen molar-refractivity contribution in [2.75, 3.05) is 87.0 Å². The lowest BCUT2D eigenvalue weighted by Crippen LogP contribution is -2.18. The highest BCUT2D eigenvalue weighted by Gasteiger charge is 2.25. The van der Waals surface area contributed by atoms with Gasteiger partial charge in [-0.05, 0) is 120 Å². The first-order valence-corrected chi connectivity index (χ1v) is 29.6. The summed E-state index contributed by atoms with van der Waals surface area (Å²) < 4.78 is 50.1. The number of benzene rings is 6. The number of carbonyl (C=O) groups excluding carboxylic acids is 3. The molecule has 0 aliphatic heterocycles. The number of carbonyl (C=O) groups is 3. The van der Waals surface area contributed by atoms with Crippen LogP contribution >= 0.6 is 23.2 Å². The van der Waals surface area contributed by atoms with Crippen molar-refractivity contribution in [3.63, 3.8) is 0 Å². The Bertz CT molecular complexity index is 2330. The molecule has 6 aromatic rings. The summed E-state index contributed by atoms with van der Waals surface area (Å²) in [5.41, 5.74) is 6.65. The first kappa shape index (κ1) is 80.6. The molecule has 0 spiro atoms. The molecule has 0 radical (unpaired) electrons. The first-order valence-electron chi connectivity index (χ1n) is 28.5. The summed E-state index contributed by atoms with van der Waals surface area (Å²) in [5, 5.41) is 0. The second kappa shape index (κ2) is 46.8. The third-order valence-electron chi connectivity index (χ3n) is 12.2. The Hall–Kier alpha value is -6.45. The van der Waals surface area contributed by atoms with Crippen LogP contribution in [0.4, 0.5) is 0 Å². The lowest BCUT2D eigenvalue weighted by atomic mass is 9.78. The third-order valence-corrected chi connectivity index (χ3v) is 12.2. The average molecular weight is 1220 g/mol. The van der Waals surface area contributed by atoms with Crippen LogP contribution in [0.25, 0.3) is 0 Å². The highest BCUT2D eigenvalue weighted by Crippen LogP contribution is 2.36. The third kappa shape index (κ3) is 33.2. The van der Waals surface area contributed by atoms with Gasteiger partial charge < -0.3 is 47.4 Å².